The van der Waals surface area contributed by atoms with Gasteiger partial charge in [-0.3, -0.25) is 4.79 Å². The SMILES string of the molecule is CC(=O)Nc1ccc(S(=O)(=O)N(C)C(C)c2ccccc2)cc1. The summed E-state index contributed by atoms with van der Waals surface area (Å²) < 4.78 is 26.8. The fourth-order valence-corrected chi connectivity index (χ4v) is 3.58. The highest BCUT2D eigenvalue weighted by molar-refractivity contribution is 7.89. The summed E-state index contributed by atoms with van der Waals surface area (Å²) in [6, 6.07) is 15.3. The van der Waals surface area contributed by atoms with Crippen LogP contribution in [0.25, 0.3) is 0 Å². The zero-order valence-corrected chi connectivity index (χ0v) is 14.2. The van der Waals surface area contributed by atoms with Gasteiger partial charge in [-0.25, -0.2) is 8.42 Å². The van der Waals surface area contributed by atoms with E-state index in [4.69, 9.17) is 0 Å². The molecule has 2 rings (SSSR count). The number of benzene rings is 2. The van der Waals surface area contributed by atoms with Crippen LogP contribution in [-0.4, -0.2) is 25.7 Å². The second-order valence-corrected chi connectivity index (χ2v) is 7.31. The summed E-state index contributed by atoms with van der Waals surface area (Å²) in [4.78, 5) is 11.2. The van der Waals surface area contributed by atoms with Gasteiger partial charge in [0.05, 0.1) is 4.90 Å². The van der Waals surface area contributed by atoms with E-state index in [9.17, 15) is 13.2 Å². The van der Waals surface area contributed by atoms with Crippen LogP contribution in [-0.2, 0) is 14.8 Å². The molecule has 0 aromatic heterocycles. The number of hydrogen-bond acceptors (Lipinski definition) is 3. The number of rotatable bonds is 5. The molecule has 0 radical (unpaired) electrons. The van der Waals surface area contributed by atoms with E-state index in [1.165, 1.54) is 23.4 Å². The second-order valence-electron chi connectivity index (χ2n) is 5.31. The molecule has 0 fully saturated rings. The van der Waals surface area contributed by atoms with E-state index in [0.29, 0.717) is 5.69 Å². The number of sulfonamides is 1. The van der Waals surface area contributed by atoms with Crippen molar-refractivity contribution in [3.8, 4) is 0 Å². The van der Waals surface area contributed by atoms with Crippen molar-refractivity contribution >= 4 is 21.6 Å². The number of carbonyl (C=O) groups excluding carboxylic acids is 1. The summed E-state index contributed by atoms with van der Waals surface area (Å²) in [6.45, 7) is 3.25. The molecular weight excluding hydrogens is 312 g/mol. The Morgan fingerprint density at radius 3 is 2.13 bits per heavy atom. The van der Waals surface area contributed by atoms with Crippen LogP contribution in [0.1, 0.15) is 25.5 Å². The van der Waals surface area contributed by atoms with Crippen LogP contribution < -0.4 is 5.32 Å². The number of amides is 1. The molecule has 2 aromatic carbocycles. The zero-order chi connectivity index (χ0) is 17.0. The van der Waals surface area contributed by atoms with Crippen molar-refractivity contribution in [2.45, 2.75) is 24.8 Å². The molecule has 0 spiro atoms. The number of nitrogens with zero attached hydrogens (tertiary/aromatic N) is 1. The van der Waals surface area contributed by atoms with Crippen molar-refractivity contribution in [3.05, 3.63) is 60.2 Å². The van der Waals surface area contributed by atoms with Gasteiger partial charge in [-0.1, -0.05) is 30.3 Å². The molecule has 0 saturated carbocycles. The molecule has 1 atom stereocenters. The summed E-state index contributed by atoms with van der Waals surface area (Å²) in [7, 11) is -2.05. The number of anilines is 1. The molecule has 0 aliphatic heterocycles. The van der Waals surface area contributed by atoms with Crippen LogP contribution in [0.3, 0.4) is 0 Å². The third-order valence-corrected chi connectivity index (χ3v) is 5.62. The molecule has 0 saturated heterocycles. The number of carbonyl (C=O) groups is 1. The molecule has 5 nitrogen and oxygen atoms in total. The minimum atomic E-state index is -3.61. The summed E-state index contributed by atoms with van der Waals surface area (Å²) in [5, 5.41) is 2.61. The van der Waals surface area contributed by atoms with E-state index < -0.39 is 10.0 Å². The topological polar surface area (TPSA) is 66.5 Å². The Balaban J connectivity index is 2.25. The van der Waals surface area contributed by atoms with E-state index in [2.05, 4.69) is 5.32 Å². The van der Waals surface area contributed by atoms with Crippen LogP contribution in [0.15, 0.2) is 59.5 Å². The first-order chi connectivity index (χ1) is 10.8. The molecule has 0 heterocycles. The van der Waals surface area contributed by atoms with Crippen LogP contribution >= 0.6 is 0 Å². The number of nitrogens with one attached hydrogen (secondary N) is 1. The van der Waals surface area contributed by atoms with Gasteiger partial charge in [-0.05, 0) is 36.8 Å². The standard InChI is InChI=1S/C17H20N2O3S/c1-13(15-7-5-4-6-8-15)19(3)23(21,22)17-11-9-16(10-12-17)18-14(2)20/h4-13H,1-3H3,(H,18,20). The summed E-state index contributed by atoms with van der Waals surface area (Å²) >= 11 is 0. The predicted molar refractivity (Wildman–Crippen MR) is 90.6 cm³/mol. The van der Waals surface area contributed by atoms with Gasteiger partial charge in [0, 0.05) is 25.7 Å². The normalized spacial score (nSPS) is 12.9. The average Bonchev–Trinajstić information content (AvgIpc) is 2.54. The van der Waals surface area contributed by atoms with E-state index in [1.54, 1.807) is 19.2 Å². The molecule has 23 heavy (non-hydrogen) atoms. The fraction of sp³-hybridized carbons (Fsp3) is 0.235. The van der Waals surface area contributed by atoms with Crippen LogP contribution in [0, 0.1) is 0 Å². The maximum atomic E-state index is 12.7. The second kappa shape index (κ2) is 6.93. The van der Waals surface area contributed by atoms with Gasteiger partial charge in [0.25, 0.3) is 0 Å². The highest BCUT2D eigenvalue weighted by atomic mass is 32.2. The van der Waals surface area contributed by atoms with E-state index in [1.807, 2.05) is 37.3 Å². The van der Waals surface area contributed by atoms with Gasteiger partial charge in [0.2, 0.25) is 15.9 Å². The predicted octanol–water partition coefficient (Wildman–Crippen LogP) is 3.03. The van der Waals surface area contributed by atoms with E-state index >= 15 is 0 Å². The molecule has 1 N–H and O–H groups in total. The molecule has 0 aliphatic carbocycles. The van der Waals surface area contributed by atoms with Gasteiger partial charge >= 0.3 is 0 Å². The monoisotopic (exact) mass is 332 g/mol. The van der Waals surface area contributed by atoms with E-state index in [-0.39, 0.29) is 16.8 Å². The van der Waals surface area contributed by atoms with Gasteiger partial charge in [0.15, 0.2) is 0 Å². The number of hydrogen-bond donors (Lipinski definition) is 1. The van der Waals surface area contributed by atoms with Crippen molar-refractivity contribution < 1.29 is 13.2 Å². The smallest absolute Gasteiger partial charge is 0.243 e. The lowest BCUT2D eigenvalue weighted by atomic mass is 10.1. The van der Waals surface area contributed by atoms with Crippen molar-refractivity contribution in [1.29, 1.82) is 0 Å². The fourth-order valence-electron chi connectivity index (χ4n) is 2.23. The Morgan fingerprint density at radius 2 is 1.61 bits per heavy atom. The van der Waals surface area contributed by atoms with Crippen LogP contribution in [0.4, 0.5) is 5.69 Å². The van der Waals surface area contributed by atoms with Crippen LogP contribution in [0.2, 0.25) is 0 Å². The largest absolute Gasteiger partial charge is 0.326 e. The van der Waals surface area contributed by atoms with Crippen molar-refractivity contribution in [3.63, 3.8) is 0 Å². The van der Waals surface area contributed by atoms with Crippen molar-refractivity contribution in [2.24, 2.45) is 0 Å². The zero-order valence-electron chi connectivity index (χ0n) is 13.4. The Hall–Kier alpha value is -2.18. The quantitative estimate of drug-likeness (QED) is 0.915. The van der Waals surface area contributed by atoms with Gasteiger partial charge < -0.3 is 5.32 Å². The van der Waals surface area contributed by atoms with E-state index in [0.717, 1.165) is 5.56 Å². The summed E-state index contributed by atoms with van der Waals surface area (Å²) in [5.41, 5.74) is 1.49. The van der Waals surface area contributed by atoms with Crippen molar-refractivity contribution in [2.75, 3.05) is 12.4 Å². The molecule has 0 aliphatic rings. The van der Waals surface area contributed by atoms with Crippen molar-refractivity contribution in [1.82, 2.24) is 4.31 Å². The lowest BCUT2D eigenvalue weighted by molar-refractivity contribution is -0.114. The summed E-state index contributed by atoms with van der Waals surface area (Å²) in [5.74, 6) is -0.199. The molecule has 2 aromatic rings. The average molecular weight is 332 g/mol. The molecule has 6 heteroatoms. The molecule has 1 amide bonds. The Kier molecular flexibility index (Phi) is 5.18. The first-order valence-corrected chi connectivity index (χ1v) is 8.67. The third kappa shape index (κ3) is 3.97. The van der Waals surface area contributed by atoms with Gasteiger partial charge in [-0.2, -0.15) is 4.31 Å². The highest BCUT2D eigenvalue weighted by Crippen LogP contribution is 2.26. The Morgan fingerprint density at radius 1 is 1.04 bits per heavy atom. The van der Waals surface area contributed by atoms with Gasteiger partial charge in [-0.15, -0.1) is 0 Å². The molecule has 0 bridgehead atoms. The molecule has 122 valence electrons. The first kappa shape index (κ1) is 17.2. The molecular formula is C17H20N2O3S. The third-order valence-electron chi connectivity index (χ3n) is 3.68. The maximum absolute atomic E-state index is 12.7. The highest BCUT2D eigenvalue weighted by Gasteiger charge is 2.26. The van der Waals surface area contributed by atoms with Crippen LogP contribution in [0.5, 0.6) is 0 Å². The maximum Gasteiger partial charge on any atom is 0.243 e. The lowest BCUT2D eigenvalue weighted by Gasteiger charge is -2.24. The molecule has 1 unspecified atom stereocenters. The summed E-state index contributed by atoms with van der Waals surface area (Å²) in [6.07, 6.45) is 0. The minimum Gasteiger partial charge on any atom is -0.326 e. The Labute approximate surface area is 137 Å². The van der Waals surface area contributed by atoms with Gasteiger partial charge in [0.1, 0.15) is 0 Å². The first-order valence-electron chi connectivity index (χ1n) is 7.23. The Bertz CT molecular complexity index is 771. The minimum absolute atomic E-state index is 0.192. The lowest BCUT2D eigenvalue weighted by Crippen LogP contribution is -2.29.